The SMILES string of the molecule is CCOC(=O)c1ccc(C=Cc2ccc3c(c2)C(C(CC)CCCC(C)(C)C)CCCC3)cc1. The Morgan fingerprint density at radius 1 is 1.03 bits per heavy atom. The van der Waals surface area contributed by atoms with Gasteiger partial charge in [-0.3, -0.25) is 0 Å². The number of rotatable bonds is 9. The van der Waals surface area contributed by atoms with Crippen molar-refractivity contribution in [2.45, 2.75) is 91.9 Å². The number of esters is 1. The number of benzene rings is 2. The quantitative estimate of drug-likeness (QED) is 0.212. The summed E-state index contributed by atoms with van der Waals surface area (Å²) in [5.74, 6) is 1.19. The molecule has 0 aliphatic heterocycles. The normalized spacial score (nSPS) is 17.3. The molecule has 0 heterocycles. The zero-order valence-corrected chi connectivity index (χ0v) is 22.0. The van der Waals surface area contributed by atoms with Crippen molar-refractivity contribution in [3.8, 4) is 0 Å². The summed E-state index contributed by atoms with van der Waals surface area (Å²) in [6.07, 6.45) is 14.8. The fraction of sp³-hybridized carbons (Fsp3) is 0.531. The lowest BCUT2D eigenvalue weighted by Gasteiger charge is -2.29. The maximum atomic E-state index is 11.9. The summed E-state index contributed by atoms with van der Waals surface area (Å²) in [7, 11) is 0. The van der Waals surface area contributed by atoms with E-state index in [0.717, 1.165) is 11.5 Å². The van der Waals surface area contributed by atoms with Gasteiger partial charge >= 0.3 is 5.97 Å². The number of hydrogen-bond donors (Lipinski definition) is 0. The molecule has 0 N–H and O–H groups in total. The molecule has 1 aliphatic carbocycles. The monoisotopic (exact) mass is 460 g/mol. The van der Waals surface area contributed by atoms with E-state index in [1.807, 2.05) is 31.2 Å². The minimum absolute atomic E-state index is 0.261. The van der Waals surface area contributed by atoms with Crippen LogP contribution in [-0.2, 0) is 11.2 Å². The van der Waals surface area contributed by atoms with Crippen molar-refractivity contribution >= 4 is 18.1 Å². The molecule has 3 rings (SSSR count). The molecule has 0 radical (unpaired) electrons. The van der Waals surface area contributed by atoms with Crippen LogP contribution in [0.1, 0.15) is 118 Å². The number of fused-ring (bicyclic) bond motifs is 1. The first-order chi connectivity index (χ1) is 16.3. The van der Waals surface area contributed by atoms with Gasteiger partial charge in [0.2, 0.25) is 0 Å². The molecule has 0 aromatic heterocycles. The fourth-order valence-corrected chi connectivity index (χ4v) is 5.34. The zero-order chi connectivity index (χ0) is 24.6. The van der Waals surface area contributed by atoms with Crippen molar-refractivity contribution in [3.05, 3.63) is 70.3 Å². The van der Waals surface area contributed by atoms with Crippen molar-refractivity contribution in [1.82, 2.24) is 0 Å². The highest BCUT2D eigenvalue weighted by Crippen LogP contribution is 2.40. The van der Waals surface area contributed by atoms with Crippen LogP contribution in [0, 0.1) is 11.3 Å². The van der Waals surface area contributed by atoms with Crippen molar-refractivity contribution in [1.29, 1.82) is 0 Å². The van der Waals surface area contributed by atoms with Gasteiger partial charge < -0.3 is 4.74 Å². The van der Waals surface area contributed by atoms with Gasteiger partial charge in [0.05, 0.1) is 12.2 Å². The van der Waals surface area contributed by atoms with Crippen LogP contribution in [0.15, 0.2) is 42.5 Å². The second-order valence-electron chi connectivity index (χ2n) is 11.1. The second-order valence-corrected chi connectivity index (χ2v) is 11.1. The predicted molar refractivity (Wildman–Crippen MR) is 145 cm³/mol. The summed E-state index contributed by atoms with van der Waals surface area (Å²) in [4.78, 5) is 11.9. The smallest absolute Gasteiger partial charge is 0.338 e. The molecule has 0 bridgehead atoms. The number of carbonyl (C=O) groups is 1. The fourth-order valence-electron chi connectivity index (χ4n) is 5.34. The maximum Gasteiger partial charge on any atom is 0.338 e. The van der Waals surface area contributed by atoms with E-state index in [0.29, 0.717) is 23.5 Å². The third-order valence-corrected chi connectivity index (χ3v) is 7.27. The molecule has 0 fully saturated rings. The Morgan fingerprint density at radius 2 is 1.74 bits per heavy atom. The molecule has 2 nitrogen and oxygen atoms in total. The van der Waals surface area contributed by atoms with E-state index in [1.54, 1.807) is 11.1 Å². The Hall–Kier alpha value is -2.35. The Balaban J connectivity index is 1.76. The highest BCUT2D eigenvalue weighted by molar-refractivity contribution is 5.89. The van der Waals surface area contributed by atoms with E-state index in [9.17, 15) is 4.79 Å². The first-order valence-electron chi connectivity index (χ1n) is 13.4. The van der Waals surface area contributed by atoms with Gasteiger partial charge in [0.25, 0.3) is 0 Å². The molecule has 0 saturated heterocycles. The highest BCUT2D eigenvalue weighted by Gasteiger charge is 2.26. The van der Waals surface area contributed by atoms with Crippen molar-refractivity contribution in [2.24, 2.45) is 11.3 Å². The van der Waals surface area contributed by atoms with E-state index in [-0.39, 0.29) is 5.97 Å². The first-order valence-corrected chi connectivity index (χ1v) is 13.4. The topological polar surface area (TPSA) is 26.3 Å². The first kappa shape index (κ1) is 26.3. The third kappa shape index (κ3) is 7.58. The van der Waals surface area contributed by atoms with Gasteiger partial charge in [-0.1, -0.05) is 89.4 Å². The summed E-state index contributed by atoms with van der Waals surface area (Å²) in [5.41, 5.74) is 6.54. The van der Waals surface area contributed by atoms with Crippen LogP contribution in [0.4, 0.5) is 0 Å². The van der Waals surface area contributed by atoms with Gasteiger partial charge in [0, 0.05) is 0 Å². The average molecular weight is 461 g/mol. The molecule has 2 aromatic carbocycles. The van der Waals surface area contributed by atoms with E-state index < -0.39 is 0 Å². The van der Waals surface area contributed by atoms with Crippen LogP contribution in [0.3, 0.4) is 0 Å². The summed E-state index contributed by atoms with van der Waals surface area (Å²) in [6, 6.07) is 14.8. The predicted octanol–water partition coefficient (Wildman–Crippen LogP) is 9.09. The van der Waals surface area contributed by atoms with Crippen molar-refractivity contribution in [2.75, 3.05) is 6.61 Å². The van der Waals surface area contributed by atoms with E-state index >= 15 is 0 Å². The van der Waals surface area contributed by atoms with Crippen LogP contribution in [0.25, 0.3) is 12.2 Å². The molecular formula is C32H44O2. The lowest BCUT2D eigenvalue weighted by atomic mass is 9.76. The van der Waals surface area contributed by atoms with Crippen molar-refractivity contribution < 1.29 is 9.53 Å². The average Bonchev–Trinajstić information content (AvgIpc) is 3.02. The highest BCUT2D eigenvalue weighted by atomic mass is 16.5. The van der Waals surface area contributed by atoms with Crippen LogP contribution in [0.5, 0.6) is 0 Å². The third-order valence-electron chi connectivity index (χ3n) is 7.27. The van der Waals surface area contributed by atoms with E-state index in [2.05, 4.69) is 58.0 Å². The number of hydrogen-bond acceptors (Lipinski definition) is 2. The van der Waals surface area contributed by atoms with Gasteiger partial charge in [0.15, 0.2) is 0 Å². The van der Waals surface area contributed by atoms with Gasteiger partial charge in [-0.25, -0.2) is 4.79 Å². The standard InChI is InChI=1S/C32H44O2/c1-6-26(12-10-22-32(3,4)5)29-13-9-8-11-27-19-18-25(23-30(27)29)15-14-24-16-20-28(21-17-24)31(33)34-7-2/h14-21,23,26,29H,6-13,22H2,1-5H3. The summed E-state index contributed by atoms with van der Waals surface area (Å²) in [5, 5.41) is 0. The van der Waals surface area contributed by atoms with Crippen molar-refractivity contribution in [3.63, 3.8) is 0 Å². The van der Waals surface area contributed by atoms with E-state index in [1.165, 1.54) is 56.9 Å². The molecular weight excluding hydrogens is 416 g/mol. The minimum atomic E-state index is -0.261. The number of carbonyl (C=O) groups excluding carboxylic acids is 1. The lowest BCUT2D eigenvalue weighted by molar-refractivity contribution is 0.0526. The summed E-state index contributed by atoms with van der Waals surface area (Å²) >= 11 is 0. The summed E-state index contributed by atoms with van der Waals surface area (Å²) in [6.45, 7) is 11.7. The van der Waals surface area contributed by atoms with E-state index in [4.69, 9.17) is 4.74 Å². The van der Waals surface area contributed by atoms with Gasteiger partial charge in [0.1, 0.15) is 0 Å². The molecule has 1 aliphatic rings. The molecule has 34 heavy (non-hydrogen) atoms. The Bertz CT molecular complexity index is 946. The van der Waals surface area contributed by atoms with Gasteiger partial charge in [-0.15, -0.1) is 0 Å². The van der Waals surface area contributed by atoms with Crippen LogP contribution < -0.4 is 0 Å². The molecule has 0 amide bonds. The largest absolute Gasteiger partial charge is 0.462 e. The molecule has 2 unspecified atom stereocenters. The molecule has 2 heteroatoms. The van der Waals surface area contributed by atoms with Crippen LogP contribution >= 0.6 is 0 Å². The van der Waals surface area contributed by atoms with Crippen LogP contribution in [-0.4, -0.2) is 12.6 Å². The number of aryl methyl sites for hydroxylation is 1. The van der Waals surface area contributed by atoms with Gasteiger partial charge in [-0.05, 0) is 90.7 Å². The minimum Gasteiger partial charge on any atom is -0.462 e. The molecule has 0 spiro atoms. The molecule has 184 valence electrons. The van der Waals surface area contributed by atoms with Crippen LogP contribution in [0.2, 0.25) is 0 Å². The number of ether oxygens (including phenoxy) is 1. The second kappa shape index (κ2) is 12.4. The molecule has 0 saturated carbocycles. The lowest BCUT2D eigenvalue weighted by Crippen LogP contribution is -2.15. The molecule has 2 atom stereocenters. The maximum absolute atomic E-state index is 11.9. The summed E-state index contributed by atoms with van der Waals surface area (Å²) < 4.78 is 5.08. The Morgan fingerprint density at radius 3 is 2.41 bits per heavy atom. The zero-order valence-electron chi connectivity index (χ0n) is 22.0. The Labute approximate surface area is 207 Å². The molecule has 2 aromatic rings. The Kier molecular flexibility index (Phi) is 9.56. The van der Waals surface area contributed by atoms with Gasteiger partial charge in [-0.2, -0.15) is 0 Å².